The van der Waals surface area contributed by atoms with Crippen LogP contribution in [0.15, 0.2) is 48.5 Å². The number of hydrogen-bond acceptors (Lipinski definition) is 4. The van der Waals surface area contributed by atoms with Crippen LogP contribution in [0.2, 0.25) is 0 Å². The highest BCUT2D eigenvalue weighted by Crippen LogP contribution is 2.17. The Morgan fingerprint density at radius 2 is 2.00 bits per heavy atom. The molecule has 0 aliphatic carbocycles. The lowest BCUT2D eigenvalue weighted by Gasteiger charge is -2.29. The third-order valence-electron chi connectivity index (χ3n) is 4.34. The number of nitrogens with zero attached hydrogens (tertiary/aromatic N) is 2. The van der Waals surface area contributed by atoms with E-state index in [4.69, 9.17) is 4.74 Å². The molecule has 1 aromatic heterocycles. The first kappa shape index (κ1) is 15.7. The summed E-state index contributed by atoms with van der Waals surface area (Å²) in [5.74, 6) is 0.648. The summed E-state index contributed by atoms with van der Waals surface area (Å²) in [6, 6.07) is 15.5. The first-order valence-electron chi connectivity index (χ1n) is 8.44. The molecule has 6 heteroatoms. The van der Waals surface area contributed by atoms with E-state index in [2.05, 4.69) is 20.2 Å². The number of rotatable bonds is 4. The fourth-order valence-electron chi connectivity index (χ4n) is 3.02. The van der Waals surface area contributed by atoms with E-state index >= 15 is 0 Å². The van der Waals surface area contributed by atoms with Gasteiger partial charge in [0.25, 0.3) is 5.91 Å². The van der Waals surface area contributed by atoms with Crippen molar-refractivity contribution in [2.45, 2.75) is 6.54 Å². The highest BCUT2D eigenvalue weighted by molar-refractivity contribution is 5.95. The topological polar surface area (TPSA) is 70.2 Å². The second-order valence-electron chi connectivity index (χ2n) is 6.03. The Hall–Kier alpha value is -2.86. The molecule has 0 unspecified atom stereocenters. The predicted molar refractivity (Wildman–Crippen MR) is 96.7 cm³/mol. The fourth-order valence-corrected chi connectivity index (χ4v) is 3.02. The second-order valence-corrected chi connectivity index (χ2v) is 6.03. The molecule has 1 aliphatic rings. The van der Waals surface area contributed by atoms with Gasteiger partial charge in [0.15, 0.2) is 0 Å². The standard InChI is InChI=1S/C19H20N4O2/c24-19(20-13-18-21-16-6-1-2-7-17(16)22-18)14-4-3-5-15(12-14)23-8-10-25-11-9-23/h1-7,12H,8-11,13H2,(H,20,24)(H,21,22). The maximum Gasteiger partial charge on any atom is 0.251 e. The van der Waals surface area contributed by atoms with E-state index in [1.807, 2.05) is 48.5 Å². The Kier molecular flexibility index (Phi) is 4.35. The number of anilines is 1. The first-order valence-corrected chi connectivity index (χ1v) is 8.44. The Labute approximate surface area is 145 Å². The van der Waals surface area contributed by atoms with Gasteiger partial charge in [-0.25, -0.2) is 4.98 Å². The third-order valence-corrected chi connectivity index (χ3v) is 4.34. The number of morpholine rings is 1. The van der Waals surface area contributed by atoms with E-state index < -0.39 is 0 Å². The Morgan fingerprint density at radius 3 is 2.84 bits per heavy atom. The van der Waals surface area contributed by atoms with Crippen LogP contribution in [0.5, 0.6) is 0 Å². The van der Waals surface area contributed by atoms with Crippen molar-refractivity contribution in [1.29, 1.82) is 0 Å². The number of para-hydroxylation sites is 2. The summed E-state index contributed by atoms with van der Waals surface area (Å²) in [5.41, 5.74) is 3.59. The van der Waals surface area contributed by atoms with Gasteiger partial charge in [-0.3, -0.25) is 4.79 Å². The van der Waals surface area contributed by atoms with Gasteiger partial charge in [-0.1, -0.05) is 18.2 Å². The molecule has 1 amide bonds. The minimum Gasteiger partial charge on any atom is -0.378 e. The molecule has 128 valence electrons. The fraction of sp³-hybridized carbons (Fsp3) is 0.263. The molecule has 1 aliphatic heterocycles. The molecule has 0 spiro atoms. The monoisotopic (exact) mass is 336 g/mol. The van der Waals surface area contributed by atoms with Crippen molar-refractivity contribution >= 4 is 22.6 Å². The zero-order chi connectivity index (χ0) is 17.1. The molecule has 0 radical (unpaired) electrons. The predicted octanol–water partition coefficient (Wildman–Crippen LogP) is 2.33. The summed E-state index contributed by atoms with van der Waals surface area (Å²) in [6.07, 6.45) is 0. The van der Waals surface area contributed by atoms with Crippen molar-refractivity contribution in [1.82, 2.24) is 15.3 Å². The van der Waals surface area contributed by atoms with Crippen molar-refractivity contribution in [3.05, 3.63) is 59.9 Å². The summed E-state index contributed by atoms with van der Waals surface area (Å²) in [5, 5.41) is 2.93. The number of H-pyrrole nitrogens is 1. The number of fused-ring (bicyclic) bond motifs is 1. The van der Waals surface area contributed by atoms with Crippen LogP contribution in [0, 0.1) is 0 Å². The van der Waals surface area contributed by atoms with E-state index in [1.165, 1.54) is 0 Å². The average molecular weight is 336 g/mol. The number of nitrogens with one attached hydrogen (secondary N) is 2. The quantitative estimate of drug-likeness (QED) is 0.767. The number of imidazole rings is 1. The Morgan fingerprint density at radius 1 is 1.16 bits per heavy atom. The molecule has 25 heavy (non-hydrogen) atoms. The highest BCUT2D eigenvalue weighted by Gasteiger charge is 2.13. The molecule has 0 atom stereocenters. The molecule has 1 saturated heterocycles. The molecule has 6 nitrogen and oxygen atoms in total. The van der Waals surface area contributed by atoms with Gasteiger partial charge < -0.3 is 19.9 Å². The number of benzene rings is 2. The molecule has 0 bridgehead atoms. The van der Waals surface area contributed by atoms with Gasteiger partial charge in [-0.05, 0) is 30.3 Å². The van der Waals surface area contributed by atoms with E-state index in [0.29, 0.717) is 12.1 Å². The van der Waals surface area contributed by atoms with Crippen molar-refractivity contribution in [3.63, 3.8) is 0 Å². The van der Waals surface area contributed by atoms with E-state index in [-0.39, 0.29) is 5.91 Å². The van der Waals surface area contributed by atoms with Crippen LogP contribution in [-0.4, -0.2) is 42.2 Å². The smallest absolute Gasteiger partial charge is 0.251 e. The molecule has 2 N–H and O–H groups in total. The van der Waals surface area contributed by atoms with Gasteiger partial charge in [0.2, 0.25) is 0 Å². The maximum absolute atomic E-state index is 12.5. The third kappa shape index (κ3) is 3.49. The largest absolute Gasteiger partial charge is 0.378 e. The molecular formula is C19H20N4O2. The summed E-state index contributed by atoms with van der Waals surface area (Å²) in [6.45, 7) is 3.52. The van der Waals surface area contributed by atoms with Crippen molar-refractivity contribution in [3.8, 4) is 0 Å². The molecular weight excluding hydrogens is 316 g/mol. The van der Waals surface area contributed by atoms with Gasteiger partial charge in [0.05, 0.1) is 30.8 Å². The van der Waals surface area contributed by atoms with Crippen LogP contribution in [0.3, 0.4) is 0 Å². The summed E-state index contributed by atoms with van der Waals surface area (Å²) in [7, 11) is 0. The lowest BCUT2D eigenvalue weighted by molar-refractivity contribution is 0.0950. The summed E-state index contributed by atoms with van der Waals surface area (Å²) < 4.78 is 5.38. The van der Waals surface area contributed by atoms with Gasteiger partial charge in [-0.2, -0.15) is 0 Å². The van der Waals surface area contributed by atoms with Crippen LogP contribution < -0.4 is 10.2 Å². The normalized spacial score (nSPS) is 14.6. The minimum absolute atomic E-state index is 0.101. The van der Waals surface area contributed by atoms with Gasteiger partial charge in [0.1, 0.15) is 5.82 Å². The number of amides is 1. The van der Waals surface area contributed by atoms with Crippen LogP contribution in [0.4, 0.5) is 5.69 Å². The number of aromatic amines is 1. The van der Waals surface area contributed by atoms with E-state index in [1.54, 1.807) is 0 Å². The number of aromatic nitrogens is 2. The van der Waals surface area contributed by atoms with Gasteiger partial charge in [0, 0.05) is 24.3 Å². The Bertz CT molecular complexity index is 851. The summed E-state index contributed by atoms with van der Waals surface area (Å²) in [4.78, 5) is 22.4. The van der Waals surface area contributed by atoms with E-state index in [9.17, 15) is 4.79 Å². The number of hydrogen-bond donors (Lipinski definition) is 2. The molecule has 4 rings (SSSR count). The second kappa shape index (κ2) is 6.94. The molecule has 2 aromatic carbocycles. The number of ether oxygens (including phenoxy) is 1. The van der Waals surface area contributed by atoms with Crippen LogP contribution >= 0.6 is 0 Å². The molecule has 1 fully saturated rings. The first-order chi connectivity index (χ1) is 12.3. The lowest BCUT2D eigenvalue weighted by atomic mass is 10.1. The van der Waals surface area contributed by atoms with Gasteiger partial charge >= 0.3 is 0 Å². The molecule has 2 heterocycles. The molecule has 0 saturated carbocycles. The number of carbonyl (C=O) groups is 1. The van der Waals surface area contributed by atoms with Crippen molar-refractivity contribution < 1.29 is 9.53 Å². The van der Waals surface area contributed by atoms with Gasteiger partial charge in [-0.15, -0.1) is 0 Å². The minimum atomic E-state index is -0.101. The number of carbonyl (C=O) groups excluding carboxylic acids is 1. The average Bonchev–Trinajstić information content (AvgIpc) is 3.10. The van der Waals surface area contributed by atoms with Crippen LogP contribution in [-0.2, 0) is 11.3 Å². The van der Waals surface area contributed by atoms with Crippen LogP contribution in [0.25, 0.3) is 11.0 Å². The SMILES string of the molecule is O=C(NCc1nc2ccccc2[nH]1)c1cccc(N2CCOCC2)c1. The van der Waals surface area contributed by atoms with E-state index in [0.717, 1.165) is 48.8 Å². The lowest BCUT2D eigenvalue weighted by Crippen LogP contribution is -2.36. The van der Waals surface area contributed by atoms with Crippen molar-refractivity contribution in [2.24, 2.45) is 0 Å². The van der Waals surface area contributed by atoms with Crippen LogP contribution in [0.1, 0.15) is 16.2 Å². The zero-order valence-electron chi connectivity index (χ0n) is 13.9. The highest BCUT2D eigenvalue weighted by atomic mass is 16.5. The summed E-state index contributed by atoms with van der Waals surface area (Å²) >= 11 is 0. The molecule has 3 aromatic rings. The zero-order valence-corrected chi connectivity index (χ0v) is 13.9. The maximum atomic E-state index is 12.5. The Balaban J connectivity index is 1.43. The van der Waals surface area contributed by atoms with Crippen molar-refractivity contribution in [2.75, 3.05) is 31.2 Å².